The summed E-state index contributed by atoms with van der Waals surface area (Å²) in [6, 6.07) is 0. The molecule has 3 heteroatoms. The van der Waals surface area contributed by atoms with E-state index in [4.69, 9.17) is 1.41 Å². The summed E-state index contributed by atoms with van der Waals surface area (Å²) >= 11 is -6.07. The van der Waals surface area contributed by atoms with Crippen molar-refractivity contribution in [3.05, 3.63) is 0 Å². The molecule has 0 N–H and O–H groups in total. The Kier molecular flexibility index (Phi) is 83.9. The molecule has 0 aliphatic carbocycles. The Labute approximate surface area is 603 Å². The van der Waals surface area contributed by atoms with Crippen molar-refractivity contribution in [2.45, 2.75) is 569 Å². The van der Waals surface area contributed by atoms with Gasteiger partial charge < -0.3 is 0 Å². The first-order chi connectivity index (χ1) is 46.1. The van der Waals surface area contributed by atoms with Crippen LogP contribution < -0.4 is 0 Å². The minimum Gasteiger partial charge on any atom is -0.0654 e. The Morgan fingerprint density at radius 3 is 0.269 bits per heavy atom. The number of hydrogen-bond acceptors (Lipinski definition) is 1. The van der Waals surface area contributed by atoms with E-state index in [2.05, 4.69) is 41.5 Å². The number of rotatable bonds is 86. The third kappa shape index (κ3) is 73.1. The van der Waals surface area contributed by atoms with Crippen LogP contribution in [0.15, 0.2) is 0 Å². The zero-order valence-corrected chi connectivity index (χ0v) is 72.5. The minimum absolute atomic E-state index is 1.37. The van der Waals surface area contributed by atoms with Crippen molar-refractivity contribution >= 4 is 37.6 Å². The molecule has 0 aromatic carbocycles. The molecule has 93 heavy (non-hydrogen) atoms. The fraction of sp³-hybridized carbons (Fsp3) is 1.00. The molecule has 0 radical (unpaired) electrons. The van der Waals surface area contributed by atoms with Crippen molar-refractivity contribution < 1.29 is 1.41 Å². The Bertz CT molecular complexity index is 1050. The first kappa shape index (κ1) is 94.6. The molecule has 0 heterocycles. The van der Waals surface area contributed by atoms with Crippen LogP contribution in [0.4, 0.5) is 0 Å². The van der Waals surface area contributed by atoms with Crippen LogP contribution in [-0.4, -0.2) is 37.6 Å². The molecule has 0 saturated heterocycles. The van der Waals surface area contributed by atoms with Gasteiger partial charge in [0.25, 0.3) is 0 Å². The van der Waals surface area contributed by atoms with Gasteiger partial charge in [0, 0.05) is 0 Å². The minimum atomic E-state index is -3.04. The predicted molar refractivity (Wildman–Crippen MR) is 436 cm³/mol. The summed E-state index contributed by atoms with van der Waals surface area (Å²) in [6.07, 6.45) is 115. The normalized spacial score (nSPS) is 12.2. The van der Waals surface area contributed by atoms with Crippen molar-refractivity contribution in [3.63, 3.8) is 0 Å². The molecule has 0 rings (SSSR count). The average Bonchev–Trinajstić information content (AvgIpc) is 2.56. The molecule has 0 aromatic heterocycles. The Morgan fingerprint density at radius 2 is 0.183 bits per heavy atom. The van der Waals surface area contributed by atoms with E-state index >= 15 is 0 Å². The van der Waals surface area contributed by atoms with Gasteiger partial charge in [-0.2, -0.15) is 0 Å². The van der Waals surface area contributed by atoms with Gasteiger partial charge in [-0.25, -0.2) is 0 Å². The monoisotopic (exact) mass is 1520 g/mol. The van der Waals surface area contributed by atoms with E-state index < -0.39 is 37.6 Å². The standard InChI is InChI=1S/6C15H31.O.2Sn/c6*1-3-5-7-9-11-13-15-14-12-10-8-6-4-2;;;/h6*1,3-15H2,2H3;;;. The van der Waals surface area contributed by atoms with Gasteiger partial charge in [0.2, 0.25) is 0 Å². The van der Waals surface area contributed by atoms with Gasteiger partial charge in [-0.05, 0) is 0 Å². The molecule has 0 fully saturated rings. The molecule has 0 bridgehead atoms. The average molecular weight is 1520 g/mol. The first-order valence-electron chi connectivity index (χ1n) is 45.8. The molecule has 0 aliphatic rings. The topological polar surface area (TPSA) is 9.23 Å². The Balaban J connectivity index is 6.75. The quantitative estimate of drug-likeness (QED) is 0.0436. The van der Waals surface area contributed by atoms with Crippen molar-refractivity contribution in [2.75, 3.05) is 0 Å². The van der Waals surface area contributed by atoms with Crippen LogP contribution in [0.25, 0.3) is 0 Å². The van der Waals surface area contributed by atoms with E-state index in [-0.39, 0.29) is 0 Å². The maximum atomic E-state index is 9.09. The van der Waals surface area contributed by atoms with E-state index in [9.17, 15) is 0 Å². The van der Waals surface area contributed by atoms with E-state index in [1.165, 1.54) is 501 Å². The smallest absolute Gasteiger partial charge is 0.0654 e. The molecular weight excluding hydrogens is 1330 g/mol. The second-order valence-electron chi connectivity index (χ2n) is 32.4. The molecule has 0 atom stereocenters. The summed E-state index contributed by atoms with van der Waals surface area (Å²) in [5.41, 5.74) is 0. The number of unbranched alkanes of at least 4 members (excludes halogenated alkanes) is 72. The van der Waals surface area contributed by atoms with E-state index in [1.807, 2.05) is 0 Å². The molecule has 1 nitrogen and oxygen atoms in total. The van der Waals surface area contributed by atoms with E-state index in [0.29, 0.717) is 0 Å². The van der Waals surface area contributed by atoms with Gasteiger partial charge in [-0.1, -0.05) is 119 Å². The van der Waals surface area contributed by atoms with Crippen LogP contribution in [0.2, 0.25) is 26.6 Å². The SMILES string of the molecule is CCCCCCCCCCCCCC[CH2][Sn]([CH2]CCCCCCCCCCCCCC)([CH2]CCCCCCCCCCCCCC)[O][Sn]([CH2]CCCCCCCCCCCCCC)([CH2]CCCCCCCCCCCCCC)[CH2]CCCCCCCCCCCCCC. The van der Waals surface area contributed by atoms with E-state index in [1.54, 1.807) is 26.6 Å². The fourth-order valence-corrected chi connectivity index (χ4v) is 69.6. The van der Waals surface area contributed by atoms with Crippen molar-refractivity contribution in [1.82, 2.24) is 0 Å². The predicted octanol–water partition coefficient (Wildman–Crippen LogP) is 35.4. The van der Waals surface area contributed by atoms with Crippen LogP contribution in [-0.2, 0) is 1.41 Å². The van der Waals surface area contributed by atoms with Gasteiger partial charge >= 0.3 is 489 Å². The van der Waals surface area contributed by atoms with Crippen LogP contribution in [0.1, 0.15) is 542 Å². The zero-order chi connectivity index (χ0) is 67.1. The second kappa shape index (κ2) is 82.5. The zero-order valence-electron chi connectivity index (χ0n) is 66.8. The summed E-state index contributed by atoms with van der Waals surface area (Å²) < 4.78 is 18.7. The van der Waals surface area contributed by atoms with Gasteiger partial charge in [-0.15, -0.1) is 0 Å². The molecule has 560 valence electrons. The number of hydrogen-bond donors (Lipinski definition) is 0. The summed E-state index contributed by atoms with van der Waals surface area (Å²) in [4.78, 5) is 0. The van der Waals surface area contributed by atoms with Crippen molar-refractivity contribution in [2.24, 2.45) is 0 Å². The molecule has 0 spiro atoms. The summed E-state index contributed by atoms with van der Waals surface area (Å²) in [7, 11) is 0. The molecular formula is C90H186OSn2. The molecule has 0 aliphatic heterocycles. The van der Waals surface area contributed by atoms with Gasteiger partial charge in [-0.3, -0.25) is 0 Å². The molecule has 0 aromatic rings. The maximum absolute atomic E-state index is 9.09. The molecule has 0 saturated carbocycles. The van der Waals surface area contributed by atoms with Gasteiger partial charge in [0.15, 0.2) is 0 Å². The molecule has 0 unspecified atom stereocenters. The fourth-order valence-electron chi connectivity index (χ4n) is 16.3. The van der Waals surface area contributed by atoms with Crippen molar-refractivity contribution in [1.29, 1.82) is 0 Å². The van der Waals surface area contributed by atoms with Crippen LogP contribution >= 0.6 is 0 Å². The third-order valence-electron chi connectivity index (χ3n) is 22.8. The third-order valence-corrected chi connectivity index (χ3v) is 63.6. The van der Waals surface area contributed by atoms with Gasteiger partial charge in [0.05, 0.1) is 0 Å². The van der Waals surface area contributed by atoms with Crippen LogP contribution in [0, 0.1) is 0 Å². The Morgan fingerprint density at radius 1 is 0.108 bits per heavy atom. The van der Waals surface area contributed by atoms with Gasteiger partial charge in [0.1, 0.15) is 0 Å². The summed E-state index contributed by atoms with van der Waals surface area (Å²) in [5.74, 6) is 0. The second-order valence-corrected chi connectivity index (χ2v) is 59.0. The Hall–Kier alpha value is 1.56. The summed E-state index contributed by atoms with van der Waals surface area (Å²) in [5, 5.41) is 0. The van der Waals surface area contributed by atoms with Crippen LogP contribution in [0.3, 0.4) is 0 Å². The summed E-state index contributed by atoms with van der Waals surface area (Å²) in [6.45, 7) is 14.2. The van der Waals surface area contributed by atoms with Crippen molar-refractivity contribution in [3.8, 4) is 0 Å². The van der Waals surface area contributed by atoms with Crippen LogP contribution in [0.5, 0.6) is 0 Å². The van der Waals surface area contributed by atoms with E-state index in [0.717, 1.165) is 0 Å². The molecule has 0 amide bonds. The first-order valence-corrected chi connectivity index (χ1v) is 60.2.